The number of anilines is 1. The lowest BCUT2D eigenvalue weighted by molar-refractivity contribution is -0.114. The minimum Gasteiger partial charge on any atom is -0.412 e. The highest BCUT2D eigenvalue weighted by Gasteiger charge is 2.22. The van der Waals surface area contributed by atoms with Gasteiger partial charge in [-0.1, -0.05) is 40.9 Å². The van der Waals surface area contributed by atoms with Gasteiger partial charge in [-0.3, -0.25) is 9.59 Å². The Morgan fingerprint density at radius 1 is 1.22 bits per heavy atom. The number of aliphatic hydroxyl groups excluding tert-OH is 1. The number of pyridine rings is 1. The molecule has 0 bridgehead atoms. The number of nitrogens with zero attached hydrogens (tertiary/aromatic N) is 4. The molecule has 5 rings (SSSR count). The number of β-amino-alcohol motifs (C(OH)–C–C–N with tert-alkyl or cyclic N) is 1. The lowest BCUT2D eigenvalue weighted by Gasteiger charge is -2.18. The number of Topliss-reactive ketones (excluding diaryl/α,β-unsaturated/α-hetero) is 1. The molecule has 1 aliphatic heterocycles. The number of fused-ring (bicyclic) bond motifs is 1. The van der Waals surface area contributed by atoms with Gasteiger partial charge in [0.1, 0.15) is 7.11 Å². The molecule has 37 heavy (non-hydrogen) atoms. The molecule has 0 saturated carbocycles. The number of carbonyl (C=O) groups is 1. The smallest absolute Gasteiger partial charge is 0.293 e. The molecule has 2 aliphatic rings. The molecular formula is C26H25Cl2N5O4. The number of nitrogens with one attached hydrogen (secondary N) is 1. The quantitative estimate of drug-likeness (QED) is 0.467. The third-order valence-corrected chi connectivity index (χ3v) is 7.16. The van der Waals surface area contributed by atoms with Crippen molar-refractivity contribution >= 4 is 46.0 Å². The fourth-order valence-corrected chi connectivity index (χ4v) is 5.21. The van der Waals surface area contributed by atoms with E-state index in [1.54, 1.807) is 30.3 Å². The second kappa shape index (κ2) is 10.6. The normalized spacial score (nSPS) is 18.2. The highest BCUT2D eigenvalue weighted by Crippen LogP contribution is 2.33. The van der Waals surface area contributed by atoms with E-state index in [0.29, 0.717) is 39.7 Å². The van der Waals surface area contributed by atoms with E-state index in [1.807, 2.05) is 6.08 Å². The summed E-state index contributed by atoms with van der Waals surface area (Å²) in [5, 5.41) is 13.8. The standard InChI is InChI=1S/C26H25Cl2N5O4/c1-37-33-24-16(12-18(25(33)36)23-19(27)3-2-4-20(23)28)13-29-26(31-24)30-21-6-5-15(11-22(21)35)7-9-32-10-8-17(34)14-32/h2-6,12-13,17,34H,7-11,14H2,1H3,(H,29,30,31)/t17-/m0/s1. The summed E-state index contributed by atoms with van der Waals surface area (Å²) in [5.74, 6) is 0.0826. The van der Waals surface area contributed by atoms with Crippen molar-refractivity contribution in [1.29, 1.82) is 0 Å². The summed E-state index contributed by atoms with van der Waals surface area (Å²) < 4.78 is 1.04. The summed E-state index contributed by atoms with van der Waals surface area (Å²) in [6, 6.07) is 6.62. The first-order valence-electron chi connectivity index (χ1n) is 11.9. The summed E-state index contributed by atoms with van der Waals surface area (Å²) in [6.07, 6.45) is 6.80. The van der Waals surface area contributed by atoms with Crippen LogP contribution < -0.4 is 15.7 Å². The van der Waals surface area contributed by atoms with Crippen LogP contribution in [0, 0.1) is 0 Å². The van der Waals surface area contributed by atoms with E-state index >= 15 is 0 Å². The van der Waals surface area contributed by atoms with E-state index in [9.17, 15) is 14.7 Å². The van der Waals surface area contributed by atoms with Crippen LogP contribution >= 0.6 is 23.2 Å². The molecule has 1 fully saturated rings. The number of benzene rings is 1. The Kier molecular flexibility index (Phi) is 7.30. The van der Waals surface area contributed by atoms with E-state index in [-0.39, 0.29) is 29.0 Å². The Hall–Kier alpha value is -3.24. The SMILES string of the molecule is COn1c(=O)c(-c2c(Cl)cccc2Cl)cc2cnc(NC3=CC=C(CCN4CC[C@H](O)C4)CC3=O)nc21. The van der Waals surface area contributed by atoms with Gasteiger partial charge in [-0.25, -0.2) is 4.98 Å². The molecule has 0 unspecified atom stereocenters. The minimum absolute atomic E-state index is 0.0736. The zero-order chi connectivity index (χ0) is 26.1. The molecule has 0 spiro atoms. The Labute approximate surface area is 222 Å². The summed E-state index contributed by atoms with van der Waals surface area (Å²) in [4.78, 5) is 42.3. The summed E-state index contributed by atoms with van der Waals surface area (Å²) in [7, 11) is 1.36. The Balaban J connectivity index is 1.40. The third-order valence-electron chi connectivity index (χ3n) is 6.53. The average Bonchev–Trinajstić information content (AvgIpc) is 3.29. The van der Waals surface area contributed by atoms with Crippen molar-refractivity contribution < 1.29 is 14.7 Å². The summed E-state index contributed by atoms with van der Waals surface area (Å²) in [6.45, 7) is 2.38. The lowest BCUT2D eigenvalue weighted by atomic mass is 9.98. The number of aromatic nitrogens is 3. The van der Waals surface area contributed by atoms with Crippen LogP contribution in [0.4, 0.5) is 5.95 Å². The fraction of sp³-hybridized carbons (Fsp3) is 0.308. The van der Waals surface area contributed by atoms with Gasteiger partial charge in [0.05, 0.1) is 27.4 Å². The zero-order valence-electron chi connectivity index (χ0n) is 20.1. The Bertz CT molecular complexity index is 1480. The molecule has 192 valence electrons. The number of aliphatic hydroxyl groups is 1. The number of hydrogen-bond donors (Lipinski definition) is 2. The van der Waals surface area contributed by atoms with Crippen molar-refractivity contribution in [2.45, 2.75) is 25.4 Å². The van der Waals surface area contributed by atoms with Crippen molar-refractivity contribution in [3.05, 3.63) is 74.3 Å². The number of ketones is 1. The zero-order valence-corrected chi connectivity index (χ0v) is 21.6. The van der Waals surface area contributed by atoms with Crippen LogP contribution in [0.25, 0.3) is 22.2 Å². The van der Waals surface area contributed by atoms with Crippen LogP contribution in [0.5, 0.6) is 0 Å². The van der Waals surface area contributed by atoms with Gasteiger partial charge >= 0.3 is 0 Å². The maximum absolute atomic E-state index is 13.2. The van der Waals surface area contributed by atoms with Crippen molar-refractivity contribution in [1.82, 2.24) is 19.6 Å². The highest BCUT2D eigenvalue weighted by molar-refractivity contribution is 6.39. The number of hydrogen-bond acceptors (Lipinski definition) is 8. The third kappa shape index (κ3) is 5.26. The number of allylic oxidation sites excluding steroid dienone is 3. The van der Waals surface area contributed by atoms with Gasteiger partial charge in [0.25, 0.3) is 5.56 Å². The van der Waals surface area contributed by atoms with Crippen molar-refractivity contribution in [3.8, 4) is 11.1 Å². The van der Waals surface area contributed by atoms with Crippen LogP contribution in [-0.4, -0.2) is 63.3 Å². The second-order valence-electron chi connectivity index (χ2n) is 9.03. The summed E-state index contributed by atoms with van der Waals surface area (Å²) >= 11 is 12.7. The maximum Gasteiger partial charge on any atom is 0.293 e. The van der Waals surface area contributed by atoms with Crippen LogP contribution in [0.15, 0.2) is 58.7 Å². The molecule has 3 aromatic rings. The Morgan fingerprint density at radius 3 is 2.68 bits per heavy atom. The molecule has 2 aromatic heterocycles. The second-order valence-corrected chi connectivity index (χ2v) is 9.85. The van der Waals surface area contributed by atoms with Gasteiger partial charge in [0.2, 0.25) is 5.95 Å². The van der Waals surface area contributed by atoms with Gasteiger partial charge in [-0.05, 0) is 37.1 Å². The number of halogens is 2. The molecule has 1 aliphatic carbocycles. The van der Waals surface area contributed by atoms with Gasteiger partial charge in [-0.2, -0.15) is 4.98 Å². The van der Waals surface area contributed by atoms with Gasteiger partial charge < -0.3 is 20.2 Å². The molecule has 0 amide bonds. The molecule has 1 aromatic carbocycles. The van der Waals surface area contributed by atoms with E-state index in [1.165, 1.54) is 13.3 Å². The summed E-state index contributed by atoms with van der Waals surface area (Å²) in [5.41, 5.74) is 1.79. The van der Waals surface area contributed by atoms with E-state index in [0.717, 1.165) is 36.2 Å². The average molecular weight is 542 g/mol. The highest BCUT2D eigenvalue weighted by atomic mass is 35.5. The van der Waals surface area contributed by atoms with Crippen LogP contribution in [0.2, 0.25) is 10.0 Å². The molecule has 9 nitrogen and oxygen atoms in total. The van der Waals surface area contributed by atoms with Gasteiger partial charge in [0.15, 0.2) is 11.4 Å². The minimum atomic E-state index is -0.485. The first-order chi connectivity index (χ1) is 17.8. The predicted octanol–water partition coefficient (Wildman–Crippen LogP) is 3.48. The first kappa shape index (κ1) is 25.4. The number of rotatable bonds is 7. The van der Waals surface area contributed by atoms with Crippen LogP contribution in [-0.2, 0) is 4.79 Å². The van der Waals surface area contributed by atoms with Crippen molar-refractivity contribution in [2.75, 3.05) is 32.1 Å². The largest absolute Gasteiger partial charge is 0.412 e. The monoisotopic (exact) mass is 541 g/mol. The van der Waals surface area contributed by atoms with E-state index in [4.69, 9.17) is 28.0 Å². The topological polar surface area (TPSA) is 110 Å². The fourth-order valence-electron chi connectivity index (χ4n) is 4.61. The first-order valence-corrected chi connectivity index (χ1v) is 12.6. The van der Waals surface area contributed by atoms with Crippen LogP contribution in [0.3, 0.4) is 0 Å². The molecule has 11 heteroatoms. The Morgan fingerprint density at radius 2 is 2.00 bits per heavy atom. The maximum atomic E-state index is 13.2. The van der Waals surface area contributed by atoms with Crippen LogP contribution in [0.1, 0.15) is 19.3 Å². The van der Waals surface area contributed by atoms with Crippen molar-refractivity contribution in [2.24, 2.45) is 0 Å². The lowest BCUT2D eigenvalue weighted by Crippen LogP contribution is -2.27. The molecule has 3 heterocycles. The molecular weight excluding hydrogens is 517 g/mol. The van der Waals surface area contributed by atoms with Gasteiger partial charge in [-0.15, -0.1) is 4.73 Å². The van der Waals surface area contributed by atoms with Gasteiger partial charge in [0, 0.05) is 43.2 Å². The molecule has 0 radical (unpaired) electrons. The number of likely N-dealkylation sites (tertiary alicyclic amines) is 1. The predicted molar refractivity (Wildman–Crippen MR) is 143 cm³/mol. The molecule has 2 N–H and O–H groups in total. The molecule has 1 saturated heterocycles. The molecule has 1 atom stereocenters. The van der Waals surface area contributed by atoms with E-state index < -0.39 is 5.56 Å². The number of carbonyl (C=O) groups excluding carboxylic acids is 1. The van der Waals surface area contributed by atoms with Crippen molar-refractivity contribution in [3.63, 3.8) is 0 Å². The van der Waals surface area contributed by atoms with E-state index in [2.05, 4.69) is 20.2 Å².